The lowest BCUT2D eigenvalue weighted by Crippen LogP contribution is -2.19. The van der Waals surface area contributed by atoms with Gasteiger partial charge < -0.3 is 5.32 Å². The highest BCUT2D eigenvalue weighted by Crippen LogP contribution is 2.26. The summed E-state index contributed by atoms with van der Waals surface area (Å²) in [5.74, 6) is 1.81. The van der Waals surface area contributed by atoms with Gasteiger partial charge in [0.05, 0.1) is 0 Å². The summed E-state index contributed by atoms with van der Waals surface area (Å²) in [6, 6.07) is -0.139. The van der Waals surface area contributed by atoms with Gasteiger partial charge in [-0.05, 0) is 51.3 Å². The van der Waals surface area contributed by atoms with E-state index in [1.54, 1.807) is 0 Å². The zero-order valence-corrected chi connectivity index (χ0v) is 19.9. The molecule has 0 aliphatic carbocycles. The molecule has 0 saturated carbocycles. The molecule has 4 heteroatoms. The van der Waals surface area contributed by atoms with Crippen LogP contribution < -0.4 is 5.32 Å². The maximum atomic E-state index is 11.6. The number of carbonyl (C=O) groups is 1. The lowest BCUT2D eigenvalue weighted by atomic mass is 9.85. The molecule has 0 heterocycles. The average molecular weight is 399 g/mol. The summed E-state index contributed by atoms with van der Waals surface area (Å²) in [4.78, 5) is 11.6. The van der Waals surface area contributed by atoms with Gasteiger partial charge in [-0.15, -0.1) is 0 Å². The number of amides is 2. The van der Waals surface area contributed by atoms with E-state index in [9.17, 15) is 4.79 Å². The van der Waals surface area contributed by atoms with Crippen molar-refractivity contribution < 1.29 is 4.79 Å². The zero-order valence-electron chi connectivity index (χ0n) is 18.9. The fourth-order valence-corrected chi connectivity index (χ4v) is 4.01. The predicted octanol–water partition coefficient (Wildman–Crippen LogP) is 8.13. The van der Waals surface area contributed by atoms with Crippen LogP contribution in [0.3, 0.4) is 0 Å². The van der Waals surface area contributed by atoms with Gasteiger partial charge in [0, 0.05) is 6.54 Å². The van der Waals surface area contributed by atoms with Crippen molar-refractivity contribution in [1.82, 2.24) is 5.32 Å². The standard InChI is InChI=1S/C23H47N2OP/c1-6-9-16-22(17-10-7-2)19-20(4)15-13-11-12-14-18-24-23(26)25-27-21(5)8-3/h20,22,27H,6-19H2,1-5H3,(H,24,26). The average Bonchev–Trinajstić information content (AvgIpc) is 2.67. The Morgan fingerprint density at radius 2 is 1.56 bits per heavy atom. The minimum atomic E-state index is -0.139. The SMILES string of the molecule is CCCCC(CCCC)CC(C)CCCCCCNC(=O)N=[PH]=C(C)CC. The van der Waals surface area contributed by atoms with E-state index in [0.29, 0.717) is 8.00 Å². The second-order valence-corrected chi connectivity index (χ2v) is 9.58. The molecule has 0 aromatic heterocycles. The molecule has 0 aliphatic rings. The second kappa shape index (κ2) is 18.8. The quantitative estimate of drug-likeness (QED) is 0.207. The predicted molar refractivity (Wildman–Crippen MR) is 125 cm³/mol. The zero-order chi connectivity index (χ0) is 20.3. The molecule has 27 heavy (non-hydrogen) atoms. The Hall–Kier alpha value is -0.560. The van der Waals surface area contributed by atoms with Crippen molar-refractivity contribution in [3.63, 3.8) is 0 Å². The molecule has 2 unspecified atom stereocenters. The van der Waals surface area contributed by atoms with Crippen LogP contribution in [0.15, 0.2) is 4.74 Å². The molecule has 1 N–H and O–H groups in total. The number of urea groups is 1. The van der Waals surface area contributed by atoms with Gasteiger partial charge in [0.2, 0.25) is 0 Å². The van der Waals surface area contributed by atoms with E-state index in [-0.39, 0.29) is 6.03 Å². The first kappa shape index (κ1) is 26.4. The molecule has 0 saturated heterocycles. The molecular weight excluding hydrogens is 351 g/mol. The lowest BCUT2D eigenvalue weighted by molar-refractivity contribution is 0.249. The third-order valence-corrected chi connectivity index (χ3v) is 6.50. The van der Waals surface area contributed by atoms with Crippen LogP contribution in [0.1, 0.15) is 118 Å². The lowest BCUT2D eigenvalue weighted by Gasteiger charge is -2.21. The number of rotatable bonds is 16. The second-order valence-electron chi connectivity index (χ2n) is 8.28. The molecule has 0 bridgehead atoms. The van der Waals surface area contributed by atoms with E-state index in [1.807, 2.05) is 0 Å². The van der Waals surface area contributed by atoms with Crippen LogP contribution in [-0.4, -0.2) is 17.9 Å². The molecule has 0 aromatic carbocycles. The maximum absolute atomic E-state index is 11.6. The summed E-state index contributed by atoms with van der Waals surface area (Å²) in [5.41, 5.74) is 0. The number of hydrogen-bond acceptors (Lipinski definition) is 1. The van der Waals surface area contributed by atoms with Gasteiger partial charge in [-0.1, -0.05) is 91.9 Å². The normalized spacial score (nSPS) is 12.4. The Labute approximate surface area is 171 Å². The highest BCUT2D eigenvalue weighted by atomic mass is 31.0. The minimum Gasteiger partial charge on any atom is -0.336 e. The van der Waals surface area contributed by atoms with E-state index in [1.165, 1.54) is 75.9 Å². The first-order valence-electron chi connectivity index (χ1n) is 11.6. The summed E-state index contributed by atoms with van der Waals surface area (Å²) >= 11 is 0. The fourth-order valence-electron chi connectivity index (χ4n) is 3.48. The molecule has 0 radical (unpaired) electrons. The first-order valence-corrected chi connectivity index (χ1v) is 12.5. The van der Waals surface area contributed by atoms with Gasteiger partial charge in [-0.2, -0.15) is 4.74 Å². The van der Waals surface area contributed by atoms with Gasteiger partial charge in [-0.25, -0.2) is 4.79 Å². The van der Waals surface area contributed by atoms with Gasteiger partial charge in [-0.3, -0.25) is 0 Å². The molecule has 160 valence electrons. The van der Waals surface area contributed by atoms with Crippen LogP contribution >= 0.6 is 8.00 Å². The van der Waals surface area contributed by atoms with Crippen molar-refractivity contribution in [1.29, 1.82) is 0 Å². The van der Waals surface area contributed by atoms with Crippen molar-refractivity contribution in [2.45, 2.75) is 118 Å². The van der Waals surface area contributed by atoms with Crippen molar-refractivity contribution in [3.8, 4) is 0 Å². The van der Waals surface area contributed by atoms with Crippen molar-refractivity contribution >= 4 is 19.3 Å². The number of nitrogens with one attached hydrogen (secondary N) is 1. The Kier molecular flexibility index (Phi) is 18.4. The molecular formula is C23H47N2OP. The van der Waals surface area contributed by atoms with E-state index in [2.05, 4.69) is 44.7 Å². The number of hydrogen-bond donors (Lipinski definition) is 1. The summed E-state index contributed by atoms with van der Waals surface area (Å²) < 4.78 is 4.06. The summed E-state index contributed by atoms with van der Waals surface area (Å²) in [5, 5.41) is 4.20. The highest BCUT2D eigenvalue weighted by molar-refractivity contribution is 7.30. The van der Waals surface area contributed by atoms with E-state index >= 15 is 0 Å². The van der Waals surface area contributed by atoms with Crippen molar-refractivity contribution in [2.24, 2.45) is 16.6 Å². The smallest absolute Gasteiger partial charge is 0.336 e. The Morgan fingerprint density at radius 1 is 0.926 bits per heavy atom. The fraction of sp³-hybridized carbons (Fsp3) is 0.913. The molecule has 0 rings (SSSR count). The largest absolute Gasteiger partial charge is 0.344 e. The van der Waals surface area contributed by atoms with E-state index in [4.69, 9.17) is 0 Å². The minimum absolute atomic E-state index is 0.139. The van der Waals surface area contributed by atoms with Crippen LogP contribution in [-0.2, 0) is 0 Å². The molecule has 0 spiro atoms. The van der Waals surface area contributed by atoms with Gasteiger partial charge >= 0.3 is 6.03 Å². The van der Waals surface area contributed by atoms with Crippen LogP contribution in [0.4, 0.5) is 4.79 Å². The highest BCUT2D eigenvalue weighted by Gasteiger charge is 2.12. The summed E-state index contributed by atoms with van der Waals surface area (Å²) in [6.45, 7) is 12.0. The first-order chi connectivity index (χ1) is 13.0. The summed E-state index contributed by atoms with van der Waals surface area (Å²) in [6.07, 6.45) is 17.0. The molecule has 2 atom stereocenters. The number of nitrogens with zero attached hydrogens (tertiary/aromatic N) is 1. The van der Waals surface area contributed by atoms with Gasteiger partial charge in [0.1, 0.15) is 0 Å². The topological polar surface area (TPSA) is 41.5 Å². The monoisotopic (exact) mass is 398 g/mol. The van der Waals surface area contributed by atoms with Gasteiger partial charge in [0.25, 0.3) is 0 Å². The number of carbonyl (C=O) groups excluding carboxylic acids is 1. The van der Waals surface area contributed by atoms with Crippen LogP contribution in [0.5, 0.6) is 0 Å². The summed E-state index contributed by atoms with van der Waals surface area (Å²) in [7, 11) is 0.322. The Bertz CT molecular complexity index is 422. The van der Waals surface area contributed by atoms with E-state index < -0.39 is 0 Å². The van der Waals surface area contributed by atoms with Gasteiger partial charge in [0.15, 0.2) is 0 Å². The third-order valence-electron chi connectivity index (χ3n) is 5.45. The molecule has 0 aromatic rings. The van der Waals surface area contributed by atoms with Crippen LogP contribution in [0.25, 0.3) is 0 Å². The van der Waals surface area contributed by atoms with Crippen molar-refractivity contribution in [3.05, 3.63) is 0 Å². The molecule has 2 amide bonds. The maximum Gasteiger partial charge on any atom is 0.344 e. The molecule has 3 nitrogen and oxygen atoms in total. The third kappa shape index (κ3) is 17.3. The number of unbranched alkanes of at least 4 members (excludes halogenated alkanes) is 5. The van der Waals surface area contributed by atoms with Crippen molar-refractivity contribution in [2.75, 3.05) is 6.54 Å². The molecule has 0 aliphatic heterocycles. The van der Waals surface area contributed by atoms with E-state index in [0.717, 1.165) is 31.2 Å². The Morgan fingerprint density at radius 3 is 2.15 bits per heavy atom. The Balaban J connectivity index is 3.78. The van der Waals surface area contributed by atoms with Crippen LogP contribution in [0.2, 0.25) is 0 Å². The molecule has 0 fully saturated rings. The van der Waals surface area contributed by atoms with Crippen LogP contribution in [0, 0.1) is 11.8 Å².